The van der Waals surface area contributed by atoms with Gasteiger partial charge in [-0.3, -0.25) is 4.79 Å². The number of carbonyl (C=O) groups excluding carboxylic acids is 1. The van der Waals surface area contributed by atoms with Crippen LogP contribution in [0.4, 0.5) is 0 Å². The summed E-state index contributed by atoms with van der Waals surface area (Å²) in [7, 11) is 0. The van der Waals surface area contributed by atoms with Crippen LogP contribution in [0, 0.1) is 27.7 Å². The highest BCUT2D eigenvalue weighted by Crippen LogP contribution is 2.39. The summed E-state index contributed by atoms with van der Waals surface area (Å²) in [4.78, 5) is 12.9. The van der Waals surface area contributed by atoms with Crippen LogP contribution in [-0.4, -0.2) is 25.8 Å². The summed E-state index contributed by atoms with van der Waals surface area (Å²) in [5, 5.41) is 9.16. The van der Waals surface area contributed by atoms with Crippen LogP contribution in [-0.2, 0) is 0 Å². The van der Waals surface area contributed by atoms with Gasteiger partial charge in [0, 0.05) is 11.6 Å². The van der Waals surface area contributed by atoms with Crippen molar-refractivity contribution in [3.05, 3.63) is 40.2 Å². The van der Waals surface area contributed by atoms with Crippen molar-refractivity contribution in [1.29, 1.82) is 0 Å². The van der Waals surface area contributed by atoms with E-state index in [-0.39, 0.29) is 11.0 Å². The summed E-state index contributed by atoms with van der Waals surface area (Å²) in [6.07, 6.45) is 2.37. The maximum Gasteiger partial charge on any atom is 0.192 e. The average Bonchev–Trinajstić information content (AvgIpc) is 3.27. The summed E-state index contributed by atoms with van der Waals surface area (Å²) < 4.78 is 2.18. The van der Waals surface area contributed by atoms with Crippen molar-refractivity contribution < 1.29 is 4.79 Å². The number of nitrogens with zero attached hydrogens (tertiary/aromatic N) is 3. The molecule has 0 aliphatic heterocycles. The Balaban J connectivity index is 1.82. The molecule has 23 heavy (non-hydrogen) atoms. The van der Waals surface area contributed by atoms with Crippen molar-refractivity contribution in [1.82, 2.24) is 14.8 Å². The van der Waals surface area contributed by atoms with E-state index in [1.165, 1.54) is 30.2 Å². The third-order valence-electron chi connectivity index (χ3n) is 4.50. The molecule has 1 aromatic carbocycles. The third-order valence-corrected chi connectivity index (χ3v) is 5.56. The predicted octanol–water partition coefficient (Wildman–Crippen LogP) is 4.21. The molecule has 1 fully saturated rings. The molecule has 0 spiro atoms. The van der Waals surface area contributed by atoms with Crippen LogP contribution in [0.2, 0.25) is 0 Å². The molecule has 1 aromatic heterocycles. The maximum absolute atomic E-state index is 12.9. The molecule has 0 N–H and O–H groups in total. The number of ketones is 1. The molecule has 1 aliphatic carbocycles. The molecule has 122 valence electrons. The van der Waals surface area contributed by atoms with Crippen molar-refractivity contribution in [3.8, 4) is 0 Å². The van der Waals surface area contributed by atoms with Crippen LogP contribution in [0.1, 0.15) is 58.7 Å². The van der Waals surface area contributed by atoms with Gasteiger partial charge < -0.3 is 4.57 Å². The van der Waals surface area contributed by atoms with E-state index in [0.717, 1.165) is 27.7 Å². The summed E-state index contributed by atoms with van der Waals surface area (Å²) in [6, 6.07) is 4.63. The summed E-state index contributed by atoms with van der Waals surface area (Å²) in [6.45, 7) is 10.1. The van der Waals surface area contributed by atoms with Crippen LogP contribution in [0.15, 0.2) is 17.3 Å². The second-order valence-corrected chi connectivity index (χ2v) is 7.81. The number of benzene rings is 1. The molecular formula is C18H23N3OS. The lowest BCUT2D eigenvalue weighted by molar-refractivity contribution is 0.0993. The lowest BCUT2D eigenvalue weighted by Gasteiger charge is -2.14. The van der Waals surface area contributed by atoms with Crippen molar-refractivity contribution in [2.75, 3.05) is 0 Å². The number of rotatable bonds is 5. The zero-order valence-electron chi connectivity index (χ0n) is 14.4. The van der Waals surface area contributed by atoms with Gasteiger partial charge in [-0.1, -0.05) is 17.8 Å². The minimum atomic E-state index is -0.170. The largest absolute Gasteiger partial charge is 0.303 e. The Labute approximate surface area is 141 Å². The number of aromatic nitrogens is 3. The fourth-order valence-corrected chi connectivity index (χ4v) is 3.87. The maximum atomic E-state index is 12.9. The molecule has 1 saturated carbocycles. The third kappa shape index (κ3) is 3.20. The van der Waals surface area contributed by atoms with Gasteiger partial charge in [-0.15, -0.1) is 10.2 Å². The molecule has 0 radical (unpaired) electrons. The SMILES string of the molecule is Cc1cc(C)c(C(=O)[C@@H](C)Sc2nnc(C)n2C2CC2)cc1C. The Morgan fingerprint density at radius 1 is 1.13 bits per heavy atom. The van der Waals surface area contributed by atoms with Crippen molar-refractivity contribution in [3.63, 3.8) is 0 Å². The quantitative estimate of drug-likeness (QED) is 0.609. The molecule has 1 atom stereocenters. The Hall–Kier alpha value is -1.62. The van der Waals surface area contributed by atoms with Crippen LogP contribution >= 0.6 is 11.8 Å². The first kappa shape index (κ1) is 16.2. The van der Waals surface area contributed by atoms with Gasteiger partial charge in [0.25, 0.3) is 0 Å². The monoisotopic (exact) mass is 329 g/mol. The highest BCUT2D eigenvalue weighted by molar-refractivity contribution is 8.00. The predicted molar refractivity (Wildman–Crippen MR) is 93.3 cm³/mol. The zero-order chi connectivity index (χ0) is 16.7. The Morgan fingerprint density at radius 3 is 2.43 bits per heavy atom. The molecule has 2 aromatic rings. The van der Waals surface area contributed by atoms with Gasteiger partial charge in [-0.25, -0.2) is 0 Å². The first-order valence-corrected chi connectivity index (χ1v) is 8.96. The van der Waals surface area contributed by atoms with Gasteiger partial charge in [-0.05, 0) is 70.2 Å². The van der Waals surface area contributed by atoms with Gasteiger partial charge in [-0.2, -0.15) is 0 Å². The Kier molecular flexibility index (Phi) is 4.32. The highest BCUT2D eigenvalue weighted by Gasteiger charge is 2.30. The van der Waals surface area contributed by atoms with Crippen LogP contribution in [0.5, 0.6) is 0 Å². The van der Waals surface area contributed by atoms with Crippen molar-refractivity contribution >= 4 is 17.5 Å². The van der Waals surface area contributed by atoms with E-state index in [1.54, 1.807) is 0 Å². The van der Waals surface area contributed by atoms with Crippen molar-refractivity contribution in [2.24, 2.45) is 0 Å². The van der Waals surface area contributed by atoms with E-state index in [9.17, 15) is 4.79 Å². The fraction of sp³-hybridized carbons (Fsp3) is 0.500. The standard InChI is InChI=1S/C18H23N3OS/c1-10-8-12(3)16(9-11(10)2)17(22)13(4)23-18-20-19-14(5)21(18)15-6-7-15/h8-9,13,15H,6-7H2,1-5H3/t13-/m1/s1. The molecule has 0 amide bonds. The fourth-order valence-electron chi connectivity index (χ4n) is 2.84. The number of thioether (sulfide) groups is 1. The second kappa shape index (κ2) is 6.11. The molecule has 1 aliphatic rings. The minimum Gasteiger partial charge on any atom is -0.303 e. The van der Waals surface area contributed by atoms with Crippen LogP contribution in [0.3, 0.4) is 0 Å². The van der Waals surface area contributed by atoms with Gasteiger partial charge in [0.1, 0.15) is 5.82 Å². The van der Waals surface area contributed by atoms with Gasteiger partial charge in [0.05, 0.1) is 5.25 Å². The lowest BCUT2D eigenvalue weighted by atomic mass is 9.97. The average molecular weight is 329 g/mol. The molecule has 0 bridgehead atoms. The molecular weight excluding hydrogens is 306 g/mol. The number of Topliss-reactive ketones (excluding diaryl/α,β-unsaturated/α-hetero) is 1. The molecule has 5 heteroatoms. The highest BCUT2D eigenvalue weighted by atomic mass is 32.2. The van der Waals surface area contributed by atoms with Gasteiger partial charge in [0.15, 0.2) is 10.9 Å². The first-order valence-electron chi connectivity index (χ1n) is 8.08. The van der Waals surface area contributed by atoms with Crippen LogP contribution < -0.4 is 0 Å². The van der Waals surface area contributed by atoms with E-state index in [2.05, 4.69) is 34.7 Å². The van der Waals surface area contributed by atoms with E-state index in [4.69, 9.17) is 0 Å². The van der Waals surface area contributed by atoms with Crippen molar-refractivity contribution in [2.45, 2.75) is 63.9 Å². The number of hydrogen-bond acceptors (Lipinski definition) is 4. The molecule has 3 rings (SSSR count). The number of carbonyl (C=O) groups is 1. The van der Waals surface area contributed by atoms with Gasteiger partial charge >= 0.3 is 0 Å². The Morgan fingerprint density at radius 2 is 1.78 bits per heavy atom. The molecule has 1 heterocycles. The zero-order valence-corrected chi connectivity index (χ0v) is 15.2. The molecule has 0 unspecified atom stereocenters. The Bertz CT molecular complexity index is 762. The van der Waals surface area contributed by atoms with Gasteiger partial charge in [0.2, 0.25) is 0 Å². The van der Waals surface area contributed by atoms with E-state index in [0.29, 0.717) is 6.04 Å². The second-order valence-electron chi connectivity index (χ2n) is 6.51. The molecule has 0 saturated heterocycles. The van der Waals surface area contributed by atoms with Crippen LogP contribution in [0.25, 0.3) is 0 Å². The normalized spacial score (nSPS) is 15.7. The lowest BCUT2D eigenvalue weighted by Crippen LogP contribution is -2.16. The van der Waals surface area contributed by atoms with E-state index < -0.39 is 0 Å². The minimum absolute atomic E-state index is 0.165. The van der Waals surface area contributed by atoms with E-state index in [1.807, 2.05) is 26.8 Å². The summed E-state index contributed by atoms with van der Waals surface area (Å²) >= 11 is 1.52. The van der Waals surface area contributed by atoms with E-state index >= 15 is 0 Å². The smallest absolute Gasteiger partial charge is 0.192 e. The molecule has 4 nitrogen and oxygen atoms in total. The topological polar surface area (TPSA) is 47.8 Å². The summed E-state index contributed by atoms with van der Waals surface area (Å²) in [5.74, 6) is 1.11. The first-order chi connectivity index (χ1) is 10.9. The summed E-state index contributed by atoms with van der Waals surface area (Å²) in [5.41, 5.74) is 4.25. The number of aryl methyl sites for hydroxylation is 4. The number of hydrogen-bond donors (Lipinski definition) is 0.